The summed E-state index contributed by atoms with van der Waals surface area (Å²) in [6.45, 7) is 3.92. The topological polar surface area (TPSA) is 40.6 Å². The molecule has 4 nitrogen and oxygen atoms in total. The van der Waals surface area contributed by atoms with Crippen molar-refractivity contribution in [2.24, 2.45) is 0 Å². The molecule has 2 aliphatic heterocycles. The predicted octanol–water partition coefficient (Wildman–Crippen LogP) is 2.91. The van der Waals surface area contributed by atoms with Crippen molar-refractivity contribution in [1.82, 2.24) is 10.0 Å². The summed E-state index contributed by atoms with van der Waals surface area (Å²) in [4.78, 5) is 24.4. The Morgan fingerprint density at radius 3 is 2.52 bits per heavy atom. The third-order valence-corrected chi connectivity index (χ3v) is 4.83. The quantitative estimate of drug-likeness (QED) is 0.840. The van der Waals surface area contributed by atoms with Crippen LogP contribution in [-0.2, 0) is 16.0 Å². The Kier molecular flexibility index (Phi) is 3.56. The number of benzene rings is 1. The van der Waals surface area contributed by atoms with Crippen LogP contribution in [0.5, 0.6) is 0 Å². The Bertz CT molecular complexity index is 580. The molecule has 0 N–H and O–H groups in total. The van der Waals surface area contributed by atoms with Crippen LogP contribution in [-0.4, -0.2) is 33.4 Å². The van der Waals surface area contributed by atoms with Crippen LogP contribution in [0.2, 0.25) is 0 Å². The number of rotatable bonds is 3. The van der Waals surface area contributed by atoms with E-state index >= 15 is 0 Å². The van der Waals surface area contributed by atoms with Gasteiger partial charge in [-0.05, 0) is 44.4 Å². The van der Waals surface area contributed by atoms with Crippen LogP contribution in [0.15, 0.2) is 28.7 Å². The summed E-state index contributed by atoms with van der Waals surface area (Å²) < 4.78 is 1.06. The highest BCUT2D eigenvalue weighted by molar-refractivity contribution is 9.10. The summed E-state index contributed by atoms with van der Waals surface area (Å²) in [5.41, 5.74) is 0.857. The van der Waals surface area contributed by atoms with Crippen LogP contribution in [0.1, 0.15) is 38.7 Å². The first-order valence-corrected chi connectivity index (χ1v) is 8.07. The number of carbonyl (C=O) groups excluding carboxylic acids is 2. The summed E-state index contributed by atoms with van der Waals surface area (Å²) in [5, 5.41) is 3.39. The molecule has 2 saturated heterocycles. The van der Waals surface area contributed by atoms with Gasteiger partial charge in [0.05, 0.1) is 24.4 Å². The maximum atomic E-state index is 12.2. The number of aryl methyl sites for hydroxylation is 1. The average molecular weight is 351 g/mol. The molecule has 2 heterocycles. The molecule has 2 fully saturated rings. The Labute approximate surface area is 133 Å². The van der Waals surface area contributed by atoms with Gasteiger partial charge in [-0.15, -0.1) is 0 Å². The lowest BCUT2D eigenvalue weighted by molar-refractivity contribution is -0.151. The van der Waals surface area contributed by atoms with Gasteiger partial charge in [0.2, 0.25) is 11.8 Å². The van der Waals surface area contributed by atoms with Crippen molar-refractivity contribution >= 4 is 27.7 Å². The molecule has 0 radical (unpaired) electrons. The second-order valence-electron chi connectivity index (χ2n) is 6.46. The Morgan fingerprint density at radius 1 is 1.19 bits per heavy atom. The maximum Gasteiger partial charge on any atom is 0.243 e. The van der Waals surface area contributed by atoms with E-state index in [0.717, 1.165) is 17.3 Å². The second kappa shape index (κ2) is 5.13. The number of hydrazine groups is 1. The van der Waals surface area contributed by atoms with Gasteiger partial charge >= 0.3 is 0 Å². The zero-order chi connectivity index (χ0) is 15.2. The van der Waals surface area contributed by atoms with Crippen LogP contribution in [0, 0.1) is 0 Å². The molecule has 1 aromatic rings. The van der Waals surface area contributed by atoms with E-state index in [1.807, 2.05) is 26.0 Å². The molecule has 2 amide bonds. The molecular weight excluding hydrogens is 332 g/mol. The minimum atomic E-state index is -0.374. The third-order valence-electron chi connectivity index (χ3n) is 4.30. The summed E-state index contributed by atoms with van der Waals surface area (Å²) in [6.07, 6.45) is 2.58. The molecule has 0 spiro atoms. The fraction of sp³-hybridized carbons (Fsp3) is 0.500. The lowest BCUT2D eigenvalue weighted by atomic mass is 9.99. The van der Waals surface area contributed by atoms with Crippen LogP contribution in [0.4, 0.5) is 0 Å². The summed E-state index contributed by atoms with van der Waals surface area (Å²) in [6, 6.07) is 8.20. The Hall–Kier alpha value is -1.36. The smallest absolute Gasteiger partial charge is 0.243 e. The molecule has 1 atom stereocenters. The number of nitrogens with zero attached hydrogens (tertiary/aromatic N) is 2. The highest BCUT2D eigenvalue weighted by atomic mass is 79.9. The molecule has 5 heteroatoms. The maximum absolute atomic E-state index is 12.2. The van der Waals surface area contributed by atoms with Crippen molar-refractivity contribution in [3.05, 3.63) is 34.3 Å². The fourth-order valence-electron chi connectivity index (χ4n) is 3.34. The SMILES string of the molecule is CC1(C)CC(=O)N2[C@H](CCc3ccc(Br)cc3)CC(=O)N21. The monoisotopic (exact) mass is 350 g/mol. The Balaban J connectivity index is 1.71. The molecule has 0 aliphatic carbocycles. The van der Waals surface area contributed by atoms with E-state index in [-0.39, 0.29) is 23.4 Å². The molecule has 21 heavy (non-hydrogen) atoms. The molecule has 112 valence electrons. The van der Waals surface area contributed by atoms with Crippen molar-refractivity contribution in [3.63, 3.8) is 0 Å². The lowest BCUT2D eigenvalue weighted by Gasteiger charge is -2.32. The first kappa shape index (κ1) is 14.6. The summed E-state index contributed by atoms with van der Waals surface area (Å²) in [7, 11) is 0. The molecule has 0 unspecified atom stereocenters. The fourth-order valence-corrected chi connectivity index (χ4v) is 3.60. The van der Waals surface area contributed by atoms with Gasteiger partial charge < -0.3 is 0 Å². The Morgan fingerprint density at radius 2 is 1.86 bits per heavy atom. The minimum absolute atomic E-state index is 0.00965. The number of fused-ring (bicyclic) bond motifs is 1. The van der Waals surface area contributed by atoms with Gasteiger partial charge in [0.15, 0.2) is 0 Å². The molecule has 1 aromatic carbocycles. The van der Waals surface area contributed by atoms with Gasteiger partial charge in [0.1, 0.15) is 0 Å². The number of amides is 2. The number of carbonyl (C=O) groups is 2. The average Bonchev–Trinajstić information content (AvgIpc) is 2.86. The highest BCUT2D eigenvalue weighted by Crippen LogP contribution is 2.38. The van der Waals surface area contributed by atoms with Gasteiger partial charge in [0.25, 0.3) is 0 Å². The number of hydrogen-bond donors (Lipinski definition) is 0. The second-order valence-corrected chi connectivity index (χ2v) is 7.37. The van der Waals surface area contributed by atoms with Gasteiger partial charge in [-0.25, -0.2) is 10.0 Å². The first-order chi connectivity index (χ1) is 9.88. The van der Waals surface area contributed by atoms with E-state index in [4.69, 9.17) is 0 Å². The van der Waals surface area contributed by atoms with Crippen LogP contribution in [0.25, 0.3) is 0 Å². The van der Waals surface area contributed by atoms with Crippen molar-refractivity contribution in [3.8, 4) is 0 Å². The van der Waals surface area contributed by atoms with Gasteiger partial charge in [-0.1, -0.05) is 28.1 Å². The predicted molar refractivity (Wildman–Crippen MR) is 83.3 cm³/mol. The van der Waals surface area contributed by atoms with Gasteiger partial charge in [-0.3, -0.25) is 9.59 Å². The van der Waals surface area contributed by atoms with Crippen LogP contribution in [0.3, 0.4) is 0 Å². The first-order valence-electron chi connectivity index (χ1n) is 7.28. The van der Waals surface area contributed by atoms with E-state index in [0.29, 0.717) is 12.8 Å². The molecule has 0 aromatic heterocycles. The normalized spacial score (nSPS) is 23.9. The number of hydrogen-bond acceptors (Lipinski definition) is 2. The van der Waals surface area contributed by atoms with Crippen molar-refractivity contribution in [1.29, 1.82) is 0 Å². The molecule has 2 aliphatic rings. The van der Waals surface area contributed by atoms with Crippen LogP contribution >= 0.6 is 15.9 Å². The molecule has 0 bridgehead atoms. The van der Waals surface area contributed by atoms with E-state index in [1.54, 1.807) is 10.0 Å². The van der Waals surface area contributed by atoms with E-state index in [9.17, 15) is 9.59 Å². The molecule has 3 rings (SSSR count). The largest absolute Gasteiger partial charge is 0.273 e. The van der Waals surface area contributed by atoms with Gasteiger partial charge in [-0.2, -0.15) is 0 Å². The van der Waals surface area contributed by atoms with Crippen molar-refractivity contribution in [2.75, 3.05) is 0 Å². The van der Waals surface area contributed by atoms with E-state index < -0.39 is 0 Å². The molecule has 0 saturated carbocycles. The standard InChI is InChI=1S/C16H19BrN2O2/c1-16(2)10-15(21)18-13(9-14(20)19(16)18)8-5-11-3-6-12(17)7-4-11/h3-4,6-7,13H,5,8-10H2,1-2H3/t13-/m1/s1. The van der Waals surface area contributed by atoms with Crippen molar-refractivity contribution in [2.45, 2.75) is 51.1 Å². The summed E-state index contributed by atoms with van der Waals surface area (Å²) in [5.74, 6) is 0.151. The summed E-state index contributed by atoms with van der Waals surface area (Å²) >= 11 is 3.42. The third kappa shape index (κ3) is 2.59. The van der Waals surface area contributed by atoms with Gasteiger partial charge in [0, 0.05) is 4.47 Å². The molecular formula is C16H19BrN2O2. The number of halogens is 1. The lowest BCUT2D eigenvalue weighted by Crippen LogP contribution is -2.46. The van der Waals surface area contributed by atoms with Crippen molar-refractivity contribution < 1.29 is 9.59 Å². The minimum Gasteiger partial charge on any atom is -0.273 e. The van der Waals surface area contributed by atoms with E-state index in [1.165, 1.54) is 5.56 Å². The zero-order valence-electron chi connectivity index (χ0n) is 12.3. The zero-order valence-corrected chi connectivity index (χ0v) is 13.9. The van der Waals surface area contributed by atoms with E-state index in [2.05, 4.69) is 28.1 Å². The van der Waals surface area contributed by atoms with Crippen LogP contribution < -0.4 is 0 Å². The highest BCUT2D eigenvalue weighted by Gasteiger charge is 2.53.